The van der Waals surface area contributed by atoms with Gasteiger partial charge in [-0.15, -0.1) is 0 Å². The van der Waals surface area contributed by atoms with Crippen molar-refractivity contribution in [1.29, 1.82) is 0 Å². The van der Waals surface area contributed by atoms with E-state index < -0.39 is 0 Å². The van der Waals surface area contributed by atoms with Crippen LogP contribution in [0, 0.1) is 0 Å². The first kappa shape index (κ1) is 32.9. The SMILES string of the molecule is [Ba+2].[Br-].[Br-].[Br-].[Rb+]. The Morgan fingerprint density at radius 3 is 0.600 bits per heavy atom. The van der Waals surface area contributed by atoms with Crippen molar-refractivity contribution in [3.8, 4) is 0 Å². The van der Waals surface area contributed by atoms with Crippen molar-refractivity contribution < 1.29 is 109 Å². The second-order valence-electron chi connectivity index (χ2n) is 0. The van der Waals surface area contributed by atoms with Gasteiger partial charge in [0.15, 0.2) is 0 Å². The molecule has 0 rings (SSSR count). The van der Waals surface area contributed by atoms with Crippen LogP contribution in [0.4, 0.5) is 0 Å². The van der Waals surface area contributed by atoms with Crippen molar-refractivity contribution in [2.45, 2.75) is 0 Å². The third kappa shape index (κ3) is 17.7. The molecule has 0 spiro atoms. The third-order valence-electron chi connectivity index (χ3n) is 0. The first-order valence-electron chi connectivity index (χ1n) is 0. The van der Waals surface area contributed by atoms with Gasteiger partial charge in [-0.05, 0) is 0 Å². The van der Waals surface area contributed by atoms with Crippen molar-refractivity contribution in [2.24, 2.45) is 0 Å². The van der Waals surface area contributed by atoms with Gasteiger partial charge in [0.2, 0.25) is 0 Å². The predicted octanol–water partition coefficient (Wildman–Crippen LogP) is -12.4. The van der Waals surface area contributed by atoms with Crippen LogP contribution in [0.5, 0.6) is 0 Å². The van der Waals surface area contributed by atoms with E-state index in [1.807, 2.05) is 0 Å². The molecule has 5 heavy (non-hydrogen) atoms. The Labute approximate surface area is 153 Å². The molecule has 0 amide bonds. The summed E-state index contributed by atoms with van der Waals surface area (Å²) in [6, 6.07) is 0. The summed E-state index contributed by atoms with van der Waals surface area (Å²) in [5, 5.41) is 0. The van der Waals surface area contributed by atoms with E-state index in [-0.39, 0.29) is 158 Å². The number of hydrogen-bond donors (Lipinski definition) is 0. The molecule has 0 unspecified atom stereocenters. The molecule has 0 nitrogen and oxygen atoms in total. The smallest absolute Gasteiger partial charge is 1.00 e. The summed E-state index contributed by atoms with van der Waals surface area (Å²) in [4.78, 5) is 0. The van der Waals surface area contributed by atoms with Gasteiger partial charge in [-0.1, -0.05) is 0 Å². The molecular formula is BaBr3Rb. The second-order valence-corrected chi connectivity index (χ2v) is 0. The standard InChI is InChI=1S/Ba.3BrH.Rb/h;3*1H;/q+2;;;;+1/p-3. The van der Waals surface area contributed by atoms with E-state index in [2.05, 4.69) is 0 Å². The summed E-state index contributed by atoms with van der Waals surface area (Å²) < 4.78 is 0. The molecule has 24 valence electrons. The van der Waals surface area contributed by atoms with E-state index >= 15 is 0 Å². The van der Waals surface area contributed by atoms with Gasteiger partial charge in [0.1, 0.15) is 0 Å². The average Bonchev–Trinajstić information content (AvgIpc) is 0. The first-order valence-corrected chi connectivity index (χ1v) is 0. The van der Waals surface area contributed by atoms with Gasteiger partial charge < -0.3 is 50.9 Å². The minimum atomic E-state index is 0. The molecule has 0 bridgehead atoms. The third-order valence-corrected chi connectivity index (χ3v) is 0. The van der Waals surface area contributed by atoms with E-state index in [0.29, 0.717) is 0 Å². The van der Waals surface area contributed by atoms with Gasteiger partial charge >= 0.3 is 107 Å². The Bertz CT molecular complexity index is 6.85. The predicted molar refractivity (Wildman–Crippen MR) is 5.75 cm³/mol. The molecular weight excluding hydrogens is 463 g/mol. The second kappa shape index (κ2) is 23.2. The zero-order chi connectivity index (χ0) is 0. The van der Waals surface area contributed by atoms with E-state index in [1.165, 1.54) is 0 Å². The Morgan fingerprint density at radius 1 is 0.600 bits per heavy atom. The quantitative estimate of drug-likeness (QED) is 0.314. The Morgan fingerprint density at radius 2 is 0.600 bits per heavy atom. The molecule has 0 radical (unpaired) electrons. The van der Waals surface area contributed by atoms with E-state index in [9.17, 15) is 0 Å². The van der Waals surface area contributed by atoms with Crippen LogP contribution in [0.2, 0.25) is 0 Å². The van der Waals surface area contributed by atoms with Crippen molar-refractivity contribution in [3.05, 3.63) is 0 Å². The summed E-state index contributed by atoms with van der Waals surface area (Å²) in [6.07, 6.45) is 0. The maximum atomic E-state index is 0. The molecule has 0 aliphatic carbocycles. The van der Waals surface area contributed by atoms with E-state index in [4.69, 9.17) is 0 Å². The molecule has 0 atom stereocenters. The zero-order valence-electron chi connectivity index (χ0n) is 2.84. The van der Waals surface area contributed by atoms with Crippen LogP contribution in [0.1, 0.15) is 0 Å². The van der Waals surface area contributed by atoms with Crippen molar-refractivity contribution in [3.63, 3.8) is 0 Å². The Balaban J connectivity index is 0. The molecule has 0 saturated carbocycles. The van der Waals surface area contributed by atoms with Crippen LogP contribution in [0.25, 0.3) is 0 Å². The summed E-state index contributed by atoms with van der Waals surface area (Å²) in [7, 11) is 0. The fraction of sp³-hybridized carbons (Fsp3) is 0. The van der Waals surface area contributed by atoms with E-state index in [1.54, 1.807) is 0 Å². The molecule has 0 aromatic heterocycles. The maximum Gasteiger partial charge on any atom is 2.00 e. The van der Waals surface area contributed by atoms with Crippen LogP contribution >= 0.6 is 0 Å². The van der Waals surface area contributed by atoms with Gasteiger partial charge in [-0.25, -0.2) is 0 Å². The van der Waals surface area contributed by atoms with Gasteiger partial charge in [0.05, 0.1) is 0 Å². The topological polar surface area (TPSA) is 0 Å². The molecule has 0 aliphatic heterocycles. The number of hydrogen-bond acceptors (Lipinski definition) is 0. The fourth-order valence-electron chi connectivity index (χ4n) is 0. The minimum Gasteiger partial charge on any atom is -1.00 e. The number of rotatable bonds is 0. The maximum absolute atomic E-state index is 0. The summed E-state index contributed by atoms with van der Waals surface area (Å²) in [5.74, 6) is 0. The van der Waals surface area contributed by atoms with E-state index in [0.717, 1.165) is 0 Å². The molecule has 0 aliphatic rings. The molecule has 0 saturated heterocycles. The summed E-state index contributed by atoms with van der Waals surface area (Å²) in [5.41, 5.74) is 0. The average molecular weight is 463 g/mol. The minimum absolute atomic E-state index is 0. The zero-order valence-corrected chi connectivity index (χ0v) is 17.0. The van der Waals surface area contributed by atoms with Crippen LogP contribution in [-0.2, 0) is 0 Å². The normalized spacial score (nSPS) is 0. The Hall–Kier alpha value is 4.82. The van der Waals surface area contributed by atoms with Crippen molar-refractivity contribution >= 4 is 48.9 Å². The van der Waals surface area contributed by atoms with Crippen LogP contribution in [-0.4, -0.2) is 48.9 Å². The van der Waals surface area contributed by atoms with Crippen LogP contribution in [0.3, 0.4) is 0 Å². The fourth-order valence-corrected chi connectivity index (χ4v) is 0. The van der Waals surface area contributed by atoms with Gasteiger partial charge in [-0.3, -0.25) is 0 Å². The number of halogens is 3. The summed E-state index contributed by atoms with van der Waals surface area (Å²) >= 11 is 0. The summed E-state index contributed by atoms with van der Waals surface area (Å²) in [6.45, 7) is 0. The first-order chi connectivity index (χ1) is 0. The molecule has 0 aromatic carbocycles. The van der Waals surface area contributed by atoms with Crippen LogP contribution < -0.4 is 109 Å². The van der Waals surface area contributed by atoms with Gasteiger partial charge in [-0.2, -0.15) is 0 Å². The molecule has 0 aromatic rings. The van der Waals surface area contributed by atoms with Crippen LogP contribution in [0.15, 0.2) is 0 Å². The van der Waals surface area contributed by atoms with Crippen molar-refractivity contribution in [1.82, 2.24) is 0 Å². The van der Waals surface area contributed by atoms with Crippen molar-refractivity contribution in [2.75, 3.05) is 0 Å². The molecule has 0 N–H and O–H groups in total. The largest absolute Gasteiger partial charge is 2.00 e. The molecule has 0 heterocycles. The molecule has 5 heteroatoms. The monoisotopic (exact) mass is 460 g/mol. The van der Waals surface area contributed by atoms with Gasteiger partial charge in [0, 0.05) is 0 Å². The molecule has 0 fully saturated rings. The Kier molecular flexibility index (Phi) is 153. The van der Waals surface area contributed by atoms with Gasteiger partial charge in [0.25, 0.3) is 0 Å².